The first-order valence-electron chi connectivity index (χ1n) is 5.43. The molecule has 4 nitrogen and oxygen atoms in total. The maximum absolute atomic E-state index is 13.5. The summed E-state index contributed by atoms with van der Waals surface area (Å²) in [6.45, 7) is 0. The van der Waals surface area contributed by atoms with Gasteiger partial charge in [-0.3, -0.25) is 4.79 Å². The molecule has 1 aromatic carbocycles. The number of rotatable bonds is 5. The summed E-state index contributed by atoms with van der Waals surface area (Å²) in [6.07, 6.45) is 0.406. The van der Waals surface area contributed by atoms with Gasteiger partial charge in [-0.1, -0.05) is 15.9 Å². The van der Waals surface area contributed by atoms with E-state index in [0.29, 0.717) is 22.9 Å². The Morgan fingerprint density at radius 3 is 3.05 bits per heavy atom. The van der Waals surface area contributed by atoms with E-state index in [4.69, 9.17) is 5.11 Å². The van der Waals surface area contributed by atoms with Gasteiger partial charge >= 0.3 is 5.97 Å². The first-order valence-corrected chi connectivity index (χ1v) is 7.10. The molecule has 2 aromatic rings. The number of carboxylic acids is 1. The summed E-state index contributed by atoms with van der Waals surface area (Å²) >= 11 is 4.58. The second kappa shape index (κ2) is 6.12. The van der Waals surface area contributed by atoms with Crippen LogP contribution in [0.3, 0.4) is 0 Å². The number of halogens is 2. The molecule has 7 heteroatoms. The molecule has 0 fully saturated rings. The number of aryl methyl sites for hydroxylation is 1. The van der Waals surface area contributed by atoms with Crippen molar-refractivity contribution in [1.29, 1.82) is 0 Å². The van der Waals surface area contributed by atoms with Crippen LogP contribution >= 0.6 is 27.3 Å². The van der Waals surface area contributed by atoms with Crippen molar-refractivity contribution in [3.63, 3.8) is 0 Å². The van der Waals surface area contributed by atoms with E-state index in [2.05, 4.69) is 26.2 Å². The van der Waals surface area contributed by atoms with E-state index in [0.717, 1.165) is 4.47 Å². The summed E-state index contributed by atoms with van der Waals surface area (Å²) in [7, 11) is 0. The highest BCUT2D eigenvalue weighted by molar-refractivity contribution is 9.10. The molecule has 0 saturated carbocycles. The lowest BCUT2D eigenvalue weighted by molar-refractivity contribution is -0.136. The molecule has 0 aliphatic carbocycles. The standard InChI is InChI=1S/C12H10BrFN2O2S/c13-7-1-3-9(14)10(5-7)16-12-15-8(6-19-12)2-4-11(17)18/h1,3,5-6H,2,4H2,(H,15,16)(H,17,18). The van der Waals surface area contributed by atoms with Crippen molar-refractivity contribution in [1.82, 2.24) is 4.98 Å². The molecule has 0 amide bonds. The summed E-state index contributed by atoms with van der Waals surface area (Å²) < 4.78 is 14.3. The van der Waals surface area contributed by atoms with E-state index in [1.807, 2.05) is 0 Å². The van der Waals surface area contributed by atoms with Gasteiger partial charge < -0.3 is 10.4 Å². The van der Waals surface area contributed by atoms with Gasteiger partial charge in [0.05, 0.1) is 17.8 Å². The van der Waals surface area contributed by atoms with Crippen molar-refractivity contribution in [2.45, 2.75) is 12.8 Å². The molecule has 0 aliphatic rings. The molecule has 0 unspecified atom stereocenters. The van der Waals surface area contributed by atoms with Gasteiger partial charge in [-0.05, 0) is 18.2 Å². The third kappa shape index (κ3) is 4.00. The van der Waals surface area contributed by atoms with E-state index in [1.165, 1.54) is 17.4 Å². The lowest BCUT2D eigenvalue weighted by Crippen LogP contribution is -1.98. The highest BCUT2D eigenvalue weighted by Gasteiger charge is 2.07. The zero-order valence-electron chi connectivity index (χ0n) is 9.69. The van der Waals surface area contributed by atoms with Gasteiger partial charge in [-0.25, -0.2) is 9.37 Å². The Balaban J connectivity index is 2.07. The van der Waals surface area contributed by atoms with E-state index < -0.39 is 5.97 Å². The second-order valence-electron chi connectivity index (χ2n) is 3.79. The molecule has 19 heavy (non-hydrogen) atoms. The zero-order chi connectivity index (χ0) is 13.8. The molecule has 0 saturated heterocycles. The molecule has 2 rings (SSSR count). The smallest absolute Gasteiger partial charge is 0.303 e. The SMILES string of the molecule is O=C(O)CCc1csc(Nc2cc(Br)ccc2F)n1. The monoisotopic (exact) mass is 344 g/mol. The molecule has 1 aromatic heterocycles. The second-order valence-corrected chi connectivity index (χ2v) is 5.56. The molecule has 0 aliphatic heterocycles. The van der Waals surface area contributed by atoms with Crippen LogP contribution in [0.25, 0.3) is 0 Å². The average molecular weight is 345 g/mol. The normalized spacial score (nSPS) is 10.4. The minimum absolute atomic E-state index is 0.0361. The quantitative estimate of drug-likeness (QED) is 0.865. The number of carbonyl (C=O) groups is 1. The fourth-order valence-corrected chi connectivity index (χ4v) is 2.54. The van der Waals surface area contributed by atoms with Gasteiger partial charge in [0.2, 0.25) is 0 Å². The predicted octanol–water partition coefficient (Wildman–Crippen LogP) is 3.81. The van der Waals surface area contributed by atoms with Gasteiger partial charge in [-0.15, -0.1) is 11.3 Å². The van der Waals surface area contributed by atoms with Gasteiger partial charge in [0.25, 0.3) is 0 Å². The molecule has 0 radical (unpaired) electrons. The summed E-state index contributed by atoms with van der Waals surface area (Å²) in [5.41, 5.74) is 1.01. The van der Waals surface area contributed by atoms with Crippen LogP contribution in [0.2, 0.25) is 0 Å². The lowest BCUT2D eigenvalue weighted by atomic mass is 10.2. The number of nitrogens with zero attached hydrogens (tertiary/aromatic N) is 1. The zero-order valence-corrected chi connectivity index (χ0v) is 12.1. The van der Waals surface area contributed by atoms with E-state index >= 15 is 0 Å². The van der Waals surface area contributed by atoms with Crippen LogP contribution in [-0.2, 0) is 11.2 Å². The van der Waals surface area contributed by atoms with E-state index in [9.17, 15) is 9.18 Å². The third-order valence-electron chi connectivity index (χ3n) is 2.32. The molecule has 0 atom stereocenters. The molecular weight excluding hydrogens is 335 g/mol. The Hall–Kier alpha value is -1.47. The summed E-state index contributed by atoms with van der Waals surface area (Å²) in [5, 5.41) is 13.8. The number of benzene rings is 1. The van der Waals surface area contributed by atoms with Crippen molar-refractivity contribution >= 4 is 44.1 Å². The van der Waals surface area contributed by atoms with Crippen LogP contribution in [0.1, 0.15) is 12.1 Å². The third-order valence-corrected chi connectivity index (χ3v) is 3.62. The van der Waals surface area contributed by atoms with Gasteiger partial charge in [0, 0.05) is 16.3 Å². The Morgan fingerprint density at radius 2 is 2.32 bits per heavy atom. The average Bonchev–Trinajstić information content (AvgIpc) is 2.79. The number of aromatic nitrogens is 1. The molecule has 2 N–H and O–H groups in total. The van der Waals surface area contributed by atoms with Gasteiger partial charge in [0.15, 0.2) is 5.13 Å². The maximum Gasteiger partial charge on any atom is 0.303 e. The Bertz CT molecular complexity index is 603. The summed E-state index contributed by atoms with van der Waals surface area (Å²) in [6, 6.07) is 4.58. The number of aliphatic carboxylic acids is 1. The number of hydrogen-bond donors (Lipinski definition) is 2. The highest BCUT2D eigenvalue weighted by Crippen LogP contribution is 2.26. The number of carboxylic acid groups (broad SMARTS) is 1. The first kappa shape index (κ1) is 14.0. The first-order chi connectivity index (χ1) is 9.04. The Labute approximate surface area is 121 Å². The van der Waals surface area contributed by atoms with Gasteiger partial charge in [0.1, 0.15) is 5.82 Å². The summed E-state index contributed by atoms with van der Waals surface area (Å²) in [5.74, 6) is -1.23. The van der Waals surface area contributed by atoms with Crippen molar-refractivity contribution in [3.05, 3.63) is 39.6 Å². The fourth-order valence-electron chi connectivity index (χ4n) is 1.42. The number of hydrogen-bond acceptors (Lipinski definition) is 4. The minimum atomic E-state index is -0.861. The highest BCUT2D eigenvalue weighted by atomic mass is 79.9. The van der Waals surface area contributed by atoms with E-state index in [-0.39, 0.29) is 12.2 Å². The van der Waals surface area contributed by atoms with E-state index in [1.54, 1.807) is 17.5 Å². The largest absolute Gasteiger partial charge is 0.481 e. The van der Waals surface area contributed by atoms with Crippen LogP contribution in [0.5, 0.6) is 0 Å². The van der Waals surface area contributed by atoms with Crippen LogP contribution in [0, 0.1) is 5.82 Å². The van der Waals surface area contributed by atoms with Crippen LogP contribution in [0.15, 0.2) is 28.1 Å². The number of anilines is 2. The van der Waals surface area contributed by atoms with Crippen molar-refractivity contribution in [2.75, 3.05) is 5.32 Å². The Morgan fingerprint density at radius 1 is 1.53 bits per heavy atom. The topological polar surface area (TPSA) is 62.2 Å². The maximum atomic E-state index is 13.5. The molecular formula is C12H10BrFN2O2S. The summed E-state index contributed by atoms with van der Waals surface area (Å²) in [4.78, 5) is 14.7. The lowest BCUT2D eigenvalue weighted by Gasteiger charge is -2.04. The van der Waals surface area contributed by atoms with Gasteiger partial charge in [-0.2, -0.15) is 0 Å². The van der Waals surface area contributed by atoms with Crippen molar-refractivity contribution in [2.24, 2.45) is 0 Å². The minimum Gasteiger partial charge on any atom is -0.481 e. The van der Waals surface area contributed by atoms with Crippen LogP contribution in [-0.4, -0.2) is 16.1 Å². The molecule has 100 valence electrons. The van der Waals surface area contributed by atoms with Crippen molar-refractivity contribution < 1.29 is 14.3 Å². The Kier molecular flexibility index (Phi) is 4.49. The molecule has 0 bridgehead atoms. The number of thiazole rings is 1. The van der Waals surface area contributed by atoms with Crippen LogP contribution < -0.4 is 5.32 Å². The molecule has 0 spiro atoms. The van der Waals surface area contributed by atoms with Crippen LogP contribution in [0.4, 0.5) is 15.2 Å². The molecule has 1 heterocycles. The predicted molar refractivity (Wildman–Crippen MR) is 75.5 cm³/mol. The van der Waals surface area contributed by atoms with Crippen molar-refractivity contribution in [3.8, 4) is 0 Å². The number of nitrogens with one attached hydrogen (secondary N) is 1. The fraction of sp³-hybridized carbons (Fsp3) is 0.167.